The zero-order valence-electron chi connectivity index (χ0n) is 11.7. The molecule has 2 N–H and O–H groups in total. The molecule has 4 nitrogen and oxygen atoms in total. The summed E-state index contributed by atoms with van der Waals surface area (Å²) in [4.78, 5) is 19.8. The molecule has 2 aromatic rings. The molecule has 3 rings (SSSR count). The average molecular weight is 270 g/mol. The van der Waals surface area contributed by atoms with Crippen LogP contribution in [0.1, 0.15) is 37.9 Å². The van der Waals surface area contributed by atoms with Gasteiger partial charge in [0.2, 0.25) is 0 Å². The van der Waals surface area contributed by atoms with Crippen molar-refractivity contribution in [2.24, 2.45) is 0 Å². The SMILES string of the molecule is CC1(C)CCCc2nc(-c3ccccc3O)[nH]c(=O)c21. The highest BCUT2D eigenvalue weighted by Crippen LogP contribution is 2.34. The van der Waals surface area contributed by atoms with Crippen molar-refractivity contribution in [2.45, 2.75) is 38.5 Å². The number of hydrogen-bond donors (Lipinski definition) is 2. The first-order valence-electron chi connectivity index (χ1n) is 6.91. The Labute approximate surface area is 117 Å². The fraction of sp³-hybridized carbons (Fsp3) is 0.375. The van der Waals surface area contributed by atoms with Crippen LogP contribution in [0.5, 0.6) is 5.75 Å². The van der Waals surface area contributed by atoms with Gasteiger partial charge in [-0.3, -0.25) is 4.79 Å². The number of nitrogens with one attached hydrogen (secondary N) is 1. The number of aromatic nitrogens is 2. The van der Waals surface area contributed by atoms with Crippen LogP contribution in [-0.4, -0.2) is 15.1 Å². The minimum atomic E-state index is -0.134. The summed E-state index contributed by atoms with van der Waals surface area (Å²) in [5, 5.41) is 9.90. The monoisotopic (exact) mass is 270 g/mol. The third kappa shape index (κ3) is 2.01. The van der Waals surface area contributed by atoms with Crippen molar-refractivity contribution < 1.29 is 5.11 Å². The molecule has 4 heteroatoms. The summed E-state index contributed by atoms with van der Waals surface area (Å²) in [5.74, 6) is 0.579. The van der Waals surface area contributed by atoms with E-state index in [2.05, 4.69) is 23.8 Å². The fourth-order valence-electron chi connectivity index (χ4n) is 3.02. The van der Waals surface area contributed by atoms with Gasteiger partial charge in [-0.1, -0.05) is 26.0 Å². The summed E-state index contributed by atoms with van der Waals surface area (Å²) in [6, 6.07) is 6.92. The second kappa shape index (κ2) is 4.47. The van der Waals surface area contributed by atoms with Gasteiger partial charge >= 0.3 is 0 Å². The maximum Gasteiger partial charge on any atom is 0.255 e. The van der Waals surface area contributed by atoms with Crippen LogP contribution in [0, 0.1) is 0 Å². The Hall–Kier alpha value is -2.10. The highest BCUT2D eigenvalue weighted by Gasteiger charge is 2.31. The normalized spacial score (nSPS) is 16.7. The second-order valence-electron chi connectivity index (χ2n) is 5.99. The van der Waals surface area contributed by atoms with E-state index >= 15 is 0 Å². The molecule has 0 amide bonds. The Morgan fingerprint density at radius 2 is 2.05 bits per heavy atom. The third-order valence-corrected chi connectivity index (χ3v) is 4.05. The molecule has 1 aliphatic carbocycles. The molecule has 1 heterocycles. The number of aromatic amines is 1. The Kier molecular flexibility index (Phi) is 2.89. The van der Waals surface area contributed by atoms with Crippen LogP contribution < -0.4 is 5.56 Å². The van der Waals surface area contributed by atoms with E-state index in [0.717, 1.165) is 30.5 Å². The predicted molar refractivity (Wildman–Crippen MR) is 77.9 cm³/mol. The lowest BCUT2D eigenvalue weighted by Crippen LogP contribution is -2.34. The lowest BCUT2D eigenvalue weighted by Gasteiger charge is -2.30. The molecule has 104 valence electrons. The molecular weight excluding hydrogens is 252 g/mol. The van der Waals surface area contributed by atoms with Crippen LogP contribution in [0.25, 0.3) is 11.4 Å². The molecule has 1 aliphatic rings. The van der Waals surface area contributed by atoms with Crippen LogP contribution in [0.3, 0.4) is 0 Å². The number of H-pyrrole nitrogens is 1. The summed E-state index contributed by atoms with van der Waals surface area (Å²) < 4.78 is 0. The van der Waals surface area contributed by atoms with Gasteiger partial charge in [0.25, 0.3) is 5.56 Å². The number of aryl methyl sites for hydroxylation is 1. The predicted octanol–water partition coefficient (Wildman–Crippen LogP) is 2.76. The molecule has 0 radical (unpaired) electrons. The van der Waals surface area contributed by atoms with Gasteiger partial charge in [0.15, 0.2) is 0 Å². The Balaban J connectivity index is 2.21. The van der Waals surface area contributed by atoms with Gasteiger partial charge in [-0.25, -0.2) is 4.98 Å². The number of rotatable bonds is 1. The molecule has 0 spiro atoms. The molecular formula is C16H18N2O2. The lowest BCUT2D eigenvalue weighted by molar-refractivity contribution is 0.420. The summed E-state index contributed by atoms with van der Waals surface area (Å²) in [5.41, 5.74) is 2.01. The molecule has 0 bridgehead atoms. The van der Waals surface area contributed by atoms with Crippen LogP contribution in [0.2, 0.25) is 0 Å². The van der Waals surface area contributed by atoms with Crippen molar-refractivity contribution in [2.75, 3.05) is 0 Å². The van der Waals surface area contributed by atoms with Gasteiger partial charge in [-0.15, -0.1) is 0 Å². The summed E-state index contributed by atoms with van der Waals surface area (Å²) >= 11 is 0. The van der Waals surface area contributed by atoms with Gasteiger partial charge < -0.3 is 10.1 Å². The van der Waals surface area contributed by atoms with Crippen LogP contribution in [0.15, 0.2) is 29.1 Å². The van der Waals surface area contributed by atoms with Crippen molar-refractivity contribution in [1.29, 1.82) is 0 Å². The number of aromatic hydroxyl groups is 1. The van der Waals surface area contributed by atoms with Crippen molar-refractivity contribution in [1.82, 2.24) is 9.97 Å². The fourth-order valence-corrected chi connectivity index (χ4v) is 3.02. The van der Waals surface area contributed by atoms with Crippen molar-refractivity contribution >= 4 is 0 Å². The Morgan fingerprint density at radius 3 is 2.80 bits per heavy atom. The topological polar surface area (TPSA) is 66.0 Å². The molecule has 20 heavy (non-hydrogen) atoms. The number of phenolic OH excluding ortho intramolecular Hbond substituents is 1. The average Bonchev–Trinajstić information content (AvgIpc) is 2.37. The maximum absolute atomic E-state index is 12.4. The zero-order chi connectivity index (χ0) is 14.3. The van der Waals surface area contributed by atoms with Crippen molar-refractivity contribution in [3.05, 3.63) is 45.9 Å². The first-order valence-corrected chi connectivity index (χ1v) is 6.91. The maximum atomic E-state index is 12.4. The minimum Gasteiger partial charge on any atom is -0.507 e. The first kappa shape index (κ1) is 12.9. The smallest absolute Gasteiger partial charge is 0.255 e. The number of nitrogens with zero attached hydrogens (tertiary/aromatic N) is 1. The first-order chi connectivity index (χ1) is 9.49. The molecule has 0 unspecified atom stereocenters. The van der Waals surface area contributed by atoms with Gasteiger partial charge in [0.05, 0.1) is 11.3 Å². The van der Waals surface area contributed by atoms with Crippen molar-refractivity contribution in [3.8, 4) is 17.1 Å². The Morgan fingerprint density at radius 1 is 1.30 bits per heavy atom. The minimum absolute atomic E-state index is 0.0852. The molecule has 0 aliphatic heterocycles. The number of phenols is 1. The van der Waals surface area contributed by atoms with Gasteiger partial charge in [0, 0.05) is 5.56 Å². The van der Waals surface area contributed by atoms with E-state index in [9.17, 15) is 9.90 Å². The van der Waals surface area contributed by atoms with Gasteiger partial charge in [-0.2, -0.15) is 0 Å². The van der Waals surface area contributed by atoms with E-state index in [1.807, 2.05) is 6.07 Å². The van der Waals surface area contributed by atoms with Crippen LogP contribution >= 0.6 is 0 Å². The zero-order valence-corrected chi connectivity index (χ0v) is 11.7. The van der Waals surface area contributed by atoms with E-state index in [0.29, 0.717) is 11.4 Å². The number of para-hydroxylation sites is 1. The largest absolute Gasteiger partial charge is 0.507 e. The lowest BCUT2D eigenvalue weighted by atomic mass is 9.75. The molecule has 0 fully saturated rings. The van der Waals surface area contributed by atoms with Crippen LogP contribution in [-0.2, 0) is 11.8 Å². The van der Waals surface area contributed by atoms with E-state index in [1.54, 1.807) is 18.2 Å². The second-order valence-corrected chi connectivity index (χ2v) is 5.99. The van der Waals surface area contributed by atoms with Gasteiger partial charge in [-0.05, 0) is 36.8 Å². The standard InChI is InChI=1S/C16H18N2O2/c1-16(2)9-5-7-11-13(16)15(20)18-14(17-11)10-6-3-4-8-12(10)19/h3-4,6,8,19H,5,7,9H2,1-2H3,(H,17,18,20). The highest BCUT2D eigenvalue weighted by atomic mass is 16.3. The summed E-state index contributed by atoms with van der Waals surface area (Å²) in [6.45, 7) is 4.17. The quantitative estimate of drug-likeness (QED) is 0.837. The van der Waals surface area contributed by atoms with E-state index in [1.165, 1.54) is 0 Å². The van der Waals surface area contributed by atoms with Crippen molar-refractivity contribution in [3.63, 3.8) is 0 Å². The summed E-state index contributed by atoms with van der Waals surface area (Å²) in [7, 11) is 0. The van der Waals surface area contributed by atoms with E-state index < -0.39 is 0 Å². The molecule has 1 aromatic carbocycles. The molecule has 1 aromatic heterocycles. The third-order valence-electron chi connectivity index (χ3n) is 4.05. The number of hydrogen-bond acceptors (Lipinski definition) is 3. The number of benzene rings is 1. The highest BCUT2D eigenvalue weighted by molar-refractivity contribution is 5.63. The molecule has 0 saturated heterocycles. The summed E-state index contributed by atoms with van der Waals surface area (Å²) in [6.07, 6.45) is 2.86. The van der Waals surface area contributed by atoms with E-state index in [4.69, 9.17) is 0 Å². The van der Waals surface area contributed by atoms with Gasteiger partial charge in [0.1, 0.15) is 11.6 Å². The molecule has 0 atom stereocenters. The van der Waals surface area contributed by atoms with E-state index in [-0.39, 0.29) is 16.7 Å². The number of fused-ring (bicyclic) bond motifs is 1. The van der Waals surface area contributed by atoms with Crippen LogP contribution in [0.4, 0.5) is 0 Å². The molecule has 0 saturated carbocycles. The Bertz CT molecular complexity index is 717.